The van der Waals surface area contributed by atoms with Crippen molar-refractivity contribution >= 4 is 22.9 Å². The highest BCUT2D eigenvalue weighted by Gasteiger charge is 2.18. The van der Waals surface area contributed by atoms with Crippen LogP contribution in [0, 0.1) is 0 Å². The molecule has 6 heteroatoms. The molecule has 104 valence electrons. The summed E-state index contributed by atoms with van der Waals surface area (Å²) in [6, 6.07) is 7.79. The Kier molecular flexibility index (Phi) is 3.91. The molecular weight excluding hydrogens is 294 g/mol. The number of aromatic nitrogens is 2. The number of nitrogens with zero attached hydrogens (tertiary/aromatic N) is 2. The van der Waals surface area contributed by atoms with E-state index in [1.807, 2.05) is 43.7 Å². The van der Waals surface area contributed by atoms with Crippen LogP contribution in [-0.2, 0) is 13.6 Å². The third-order valence-electron chi connectivity index (χ3n) is 2.97. The van der Waals surface area contributed by atoms with E-state index >= 15 is 0 Å². The first-order chi connectivity index (χ1) is 9.72. The predicted molar refractivity (Wildman–Crippen MR) is 79.9 cm³/mol. The van der Waals surface area contributed by atoms with Crippen molar-refractivity contribution < 1.29 is 4.42 Å². The SMILES string of the molecule is Cn1cc(CNC(c2ccco2)c2ccc(Cl)s2)cn1. The molecule has 0 amide bonds. The standard InChI is InChI=1S/C14H14ClN3OS/c1-18-9-10(8-17-18)7-16-14(11-3-2-6-19-11)12-4-5-13(15)20-12/h2-6,8-9,14,16H,7H2,1H3. The maximum Gasteiger partial charge on any atom is 0.126 e. The van der Waals surface area contributed by atoms with Crippen LogP contribution < -0.4 is 5.32 Å². The molecular formula is C14H14ClN3OS. The van der Waals surface area contributed by atoms with Gasteiger partial charge in [0.05, 0.1) is 16.8 Å². The third-order valence-corrected chi connectivity index (χ3v) is 4.27. The molecule has 1 N–H and O–H groups in total. The van der Waals surface area contributed by atoms with Crippen LogP contribution in [0.1, 0.15) is 22.2 Å². The number of nitrogens with one attached hydrogen (secondary N) is 1. The van der Waals surface area contributed by atoms with Crippen molar-refractivity contribution in [3.05, 3.63) is 63.5 Å². The summed E-state index contributed by atoms with van der Waals surface area (Å²) >= 11 is 7.59. The van der Waals surface area contributed by atoms with Crippen LogP contribution in [0.25, 0.3) is 0 Å². The van der Waals surface area contributed by atoms with Gasteiger partial charge in [0, 0.05) is 30.2 Å². The van der Waals surface area contributed by atoms with Gasteiger partial charge >= 0.3 is 0 Å². The first kappa shape index (κ1) is 13.4. The van der Waals surface area contributed by atoms with E-state index < -0.39 is 0 Å². The molecule has 0 saturated heterocycles. The van der Waals surface area contributed by atoms with Crippen molar-refractivity contribution in [2.24, 2.45) is 7.05 Å². The largest absolute Gasteiger partial charge is 0.467 e. The zero-order chi connectivity index (χ0) is 13.9. The highest BCUT2D eigenvalue weighted by Crippen LogP contribution is 2.31. The van der Waals surface area contributed by atoms with Gasteiger partial charge in [0.15, 0.2) is 0 Å². The van der Waals surface area contributed by atoms with Crippen LogP contribution in [0.15, 0.2) is 47.3 Å². The minimum Gasteiger partial charge on any atom is -0.467 e. The fraction of sp³-hybridized carbons (Fsp3) is 0.214. The summed E-state index contributed by atoms with van der Waals surface area (Å²) < 4.78 is 8.10. The van der Waals surface area contributed by atoms with E-state index in [-0.39, 0.29) is 6.04 Å². The van der Waals surface area contributed by atoms with Gasteiger partial charge in [-0.15, -0.1) is 11.3 Å². The molecule has 0 fully saturated rings. The first-order valence-corrected chi connectivity index (χ1v) is 7.41. The summed E-state index contributed by atoms with van der Waals surface area (Å²) in [7, 11) is 1.91. The van der Waals surface area contributed by atoms with Gasteiger partial charge in [-0.2, -0.15) is 5.10 Å². The van der Waals surface area contributed by atoms with Crippen LogP contribution in [0.4, 0.5) is 0 Å². The fourth-order valence-electron chi connectivity index (χ4n) is 2.06. The molecule has 3 aromatic heterocycles. The predicted octanol–water partition coefficient (Wildman–Crippen LogP) is 3.61. The molecule has 0 bridgehead atoms. The van der Waals surface area contributed by atoms with Gasteiger partial charge in [-0.1, -0.05) is 11.6 Å². The Morgan fingerprint density at radius 3 is 2.95 bits per heavy atom. The van der Waals surface area contributed by atoms with E-state index in [4.69, 9.17) is 16.0 Å². The number of hydrogen-bond donors (Lipinski definition) is 1. The van der Waals surface area contributed by atoms with Gasteiger partial charge in [0.25, 0.3) is 0 Å². The maximum absolute atomic E-state index is 6.03. The quantitative estimate of drug-likeness (QED) is 0.783. The summed E-state index contributed by atoms with van der Waals surface area (Å²) in [6.45, 7) is 0.717. The summed E-state index contributed by atoms with van der Waals surface area (Å²) in [5.41, 5.74) is 1.13. The van der Waals surface area contributed by atoms with Crippen molar-refractivity contribution in [1.29, 1.82) is 0 Å². The number of furan rings is 1. The van der Waals surface area contributed by atoms with E-state index in [0.717, 1.165) is 20.5 Å². The van der Waals surface area contributed by atoms with E-state index in [0.29, 0.717) is 6.54 Å². The average molecular weight is 308 g/mol. The highest BCUT2D eigenvalue weighted by molar-refractivity contribution is 7.16. The second-order valence-corrected chi connectivity index (χ2v) is 6.24. The van der Waals surface area contributed by atoms with Crippen LogP contribution in [-0.4, -0.2) is 9.78 Å². The van der Waals surface area contributed by atoms with Gasteiger partial charge < -0.3 is 4.42 Å². The molecule has 20 heavy (non-hydrogen) atoms. The van der Waals surface area contributed by atoms with Crippen molar-refractivity contribution in [1.82, 2.24) is 15.1 Å². The minimum absolute atomic E-state index is 0.00251. The molecule has 0 aliphatic rings. The lowest BCUT2D eigenvalue weighted by atomic mass is 10.2. The molecule has 1 unspecified atom stereocenters. The molecule has 3 heterocycles. The molecule has 0 aliphatic carbocycles. The summed E-state index contributed by atoms with van der Waals surface area (Å²) in [4.78, 5) is 1.13. The zero-order valence-corrected chi connectivity index (χ0v) is 12.5. The molecule has 4 nitrogen and oxygen atoms in total. The molecule has 0 saturated carbocycles. The number of halogens is 1. The lowest BCUT2D eigenvalue weighted by Crippen LogP contribution is -2.20. The first-order valence-electron chi connectivity index (χ1n) is 6.22. The highest BCUT2D eigenvalue weighted by atomic mass is 35.5. The Labute approximate surface area is 126 Å². The topological polar surface area (TPSA) is 43.0 Å². The lowest BCUT2D eigenvalue weighted by Gasteiger charge is -2.14. The number of thiophene rings is 1. The van der Waals surface area contributed by atoms with Gasteiger partial charge in [0.2, 0.25) is 0 Å². The molecule has 0 aliphatic heterocycles. The lowest BCUT2D eigenvalue weighted by molar-refractivity contribution is 0.449. The van der Waals surface area contributed by atoms with E-state index in [2.05, 4.69) is 10.4 Å². The van der Waals surface area contributed by atoms with E-state index in [9.17, 15) is 0 Å². The smallest absolute Gasteiger partial charge is 0.126 e. The molecule has 3 aromatic rings. The van der Waals surface area contributed by atoms with Crippen LogP contribution >= 0.6 is 22.9 Å². The molecule has 0 spiro atoms. The van der Waals surface area contributed by atoms with E-state index in [1.54, 1.807) is 22.3 Å². The van der Waals surface area contributed by atoms with Crippen molar-refractivity contribution in [2.75, 3.05) is 0 Å². The normalized spacial score (nSPS) is 12.7. The van der Waals surface area contributed by atoms with Crippen LogP contribution in [0.5, 0.6) is 0 Å². The maximum atomic E-state index is 6.03. The number of hydrogen-bond acceptors (Lipinski definition) is 4. The monoisotopic (exact) mass is 307 g/mol. The molecule has 3 rings (SSSR count). The third kappa shape index (κ3) is 2.95. The second-order valence-electron chi connectivity index (χ2n) is 4.49. The van der Waals surface area contributed by atoms with Crippen LogP contribution in [0.3, 0.4) is 0 Å². The van der Waals surface area contributed by atoms with Gasteiger partial charge in [-0.3, -0.25) is 10.00 Å². The molecule has 1 atom stereocenters. The Morgan fingerprint density at radius 2 is 2.35 bits per heavy atom. The Bertz CT molecular complexity index is 674. The Balaban J connectivity index is 1.79. The summed E-state index contributed by atoms with van der Waals surface area (Å²) in [5.74, 6) is 0.882. The fourth-order valence-corrected chi connectivity index (χ4v) is 3.21. The van der Waals surface area contributed by atoms with Gasteiger partial charge in [-0.05, 0) is 24.3 Å². The van der Waals surface area contributed by atoms with Crippen molar-refractivity contribution in [2.45, 2.75) is 12.6 Å². The zero-order valence-electron chi connectivity index (χ0n) is 10.9. The average Bonchev–Trinajstić information content (AvgIpc) is 3.13. The Hall–Kier alpha value is -1.56. The van der Waals surface area contributed by atoms with Gasteiger partial charge in [0.1, 0.15) is 11.8 Å². The molecule has 0 aromatic carbocycles. The number of aryl methyl sites for hydroxylation is 1. The van der Waals surface area contributed by atoms with Crippen molar-refractivity contribution in [3.63, 3.8) is 0 Å². The number of rotatable bonds is 5. The van der Waals surface area contributed by atoms with Crippen molar-refractivity contribution in [3.8, 4) is 0 Å². The van der Waals surface area contributed by atoms with Gasteiger partial charge in [-0.25, -0.2) is 0 Å². The minimum atomic E-state index is 0.00251. The summed E-state index contributed by atoms with van der Waals surface area (Å²) in [5, 5.41) is 7.65. The van der Waals surface area contributed by atoms with Crippen LogP contribution in [0.2, 0.25) is 4.34 Å². The second kappa shape index (κ2) is 5.83. The summed E-state index contributed by atoms with van der Waals surface area (Å²) in [6.07, 6.45) is 5.53. The molecule has 0 radical (unpaired) electrons. The Morgan fingerprint density at radius 1 is 1.45 bits per heavy atom. The van der Waals surface area contributed by atoms with E-state index in [1.165, 1.54) is 0 Å².